The molecule has 0 radical (unpaired) electrons. The minimum atomic E-state index is -4.26. The van der Waals surface area contributed by atoms with Crippen LogP contribution in [0.4, 0.5) is 24.8 Å². The number of hydrogen-bond donors (Lipinski definition) is 3. The molecule has 38 heavy (non-hydrogen) atoms. The first kappa shape index (κ1) is 26.1. The zero-order valence-electron chi connectivity index (χ0n) is 20.7. The van der Waals surface area contributed by atoms with Crippen molar-refractivity contribution in [1.29, 1.82) is 0 Å². The number of nitrogens with zero attached hydrogens (tertiary/aromatic N) is 3. The molecule has 1 aliphatic heterocycles. The average Bonchev–Trinajstić information content (AvgIpc) is 2.91. The second-order valence-electron chi connectivity index (χ2n) is 9.03. The normalized spacial score (nSPS) is 15.8. The van der Waals surface area contributed by atoms with Crippen LogP contribution in [0.15, 0.2) is 60.9 Å². The van der Waals surface area contributed by atoms with Gasteiger partial charge in [0.1, 0.15) is 11.5 Å². The largest absolute Gasteiger partial charge is 0.437 e. The Morgan fingerprint density at radius 2 is 1.92 bits per heavy atom. The van der Waals surface area contributed by atoms with Gasteiger partial charge in [-0.2, -0.15) is 13.2 Å². The highest BCUT2D eigenvalue weighted by Gasteiger charge is 2.27. The maximum atomic E-state index is 12.7. The third-order valence-electron chi connectivity index (χ3n) is 6.13. The number of nitrogens with one attached hydrogen (secondary N) is 3. The average molecular weight is 541 g/mol. The lowest BCUT2D eigenvalue weighted by Gasteiger charge is -2.23. The number of alkyl halides is 3. The minimum Gasteiger partial charge on any atom is -0.437 e. The zero-order valence-corrected chi connectivity index (χ0v) is 21.5. The molecule has 0 spiro atoms. The van der Waals surface area contributed by atoms with Crippen molar-refractivity contribution < 1.29 is 17.9 Å². The van der Waals surface area contributed by atoms with Gasteiger partial charge in [-0.05, 0) is 68.1 Å². The molecule has 198 valence electrons. The van der Waals surface area contributed by atoms with E-state index in [-0.39, 0.29) is 6.04 Å². The molecule has 2 aromatic heterocycles. The number of halogens is 3. The molecule has 0 saturated carbocycles. The Kier molecular flexibility index (Phi) is 7.85. The molecule has 0 bridgehead atoms. The molecule has 1 unspecified atom stereocenters. The number of benzene rings is 2. The van der Waals surface area contributed by atoms with Crippen molar-refractivity contribution in [2.45, 2.75) is 32.0 Å². The van der Waals surface area contributed by atoms with Gasteiger partial charge in [-0.3, -0.25) is 0 Å². The van der Waals surface area contributed by atoms with Gasteiger partial charge in [0.25, 0.3) is 0 Å². The van der Waals surface area contributed by atoms with Crippen molar-refractivity contribution in [3.63, 3.8) is 0 Å². The third-order valence-corrected chi connectivity index (χ3v) is 6.97. The molecule has 11 heteroatoms. The lowest BCUT2D eigenvalue weighted by molar-refractivity contribution is -0.105. The highest BCUT2D eigenvalue weighted by Crippen LogP contribution is 2.40. The maximum Gasteiger partial charge on any atom is 0.399 e. The van der Waals surface area contributed by atoms with Crippen LogP contribution in [0.3, 0.4) is 0 Å². The summed E-state index contributed by atoms with van der Waals surface area (Å²) >= 11 is 0.608. The molecule has 3 heterocycles. The summed E-state index contributed by atoms with van der Waals surface area (Å²) in [5.41, 5.74) is 2.71. The first-order chi connectivity index (χ1) is 18.4. The number of anilines is 2. The van der Waals surface area contributed by atoms with Crippen molar-refractivity contribution in [2.24, 2.45) is 0 Å². The first-order valence-corrected chi connectivity index (χ1v) is 13.3. The molecular weight excluding hydrogens is 513 g/mol. The van der Waals surface area contributed by atoms with E-state index in [0.29, 0.717) is 46.5 Å². The van der Waals surface area contributed by atoms with E-state index in [1.54, 1.807) is 18.5 Å². The minimum absolute atomic E-state index is 0.263. The summed E-state index contributed by atoms with van der Waals surface area (Å²) in [5.74, 6) is 0.493. The molecule has 2 aromatic carbocycles. The number of piperidine rings is 1. The van der Waals surface area contributed by atoms with Crippen molar-refractivity contribution in [1.82, 2.24) is 20.3 Å². The van der Waals surface area contributed by atoms with Gasteiger partial charge >= 0.3 is 6.18 Å². The number of fused-ring (bicyclic) bond motifs is 1. The Morgan fingerprint density at radius 1 is 1.08 bits per heavy atom. The fraction of sp³-hybridized carbons (Fsp3) is 0.296. The van der Waals surface area contributed by atoms with Crippen LogP contribution >= 0.6 is 11.9 Å². The molecule has 1 aliphatic rings. The number of aryl methyl sites for hydroxylation is 1. The Bertz CT molecular complexity index is 1410. The van der Waals surface area contributed by atoms with E-state index in [9.17, 15) is 13.2 Å². The lowest BCUT2D eigenvalue weighted by atomic mass is 10.0. The van der Waals surface area contributed by atoms with Crippen molar-refractivity contribution in [2.75, 3.05) is 28.9 Å². The van der Waals surface area contributed by atoms with Gasteiger partial charge in [0, 0.05) is 35.8 Å². The van der Waals surface area contributed by atoms with Crippen LogP contribution < -0.4 is 20.1 Å². The van der Waals surface area contributed by atoms with Gasteiger partial charge in [0.2, 0.25) is 11.8 Å². The number of pyridine rings is 1. The summed E-state index contributed by atoms with van der Waals surface area (Å²) in [5, 5.41) is 8.28. The van der Waals surface area contributed by atoms with E-state index in [2.05, 4.69) is 25.3 Å². The second-order valence-corrected chi connectivity index (χ2v) is 9.81. The van der Waals surface area contributed by atoms with Crippen LogP contribution in [0.2, 0.25) is 0 Å². The maximum absolute atomic E-state index is 12.7. The quantitative estimate of drug-likeness (QED) is 0.216. The Morgan fingerprint density at radius 3 is 2.71 bits per heavy atom. The van der Waals surface area contributed by atoms with Crippen LogP contribution in [0, 0.1) is 6.92 Å². The summed E-state index contributed by atoms with van der Waals surface area (Å²) in [6.07, 6.45) is 1.24. The van der Waals surface area contributed by atoms with Crippen LogP contribution in [0.5, 0.6) is 11.6 Å². The van der Waals surface area contributed by atoms with Gasteiger partial charge in [-0.15, -0.1) is 0 Å². The van der Waals surface area contributed by atoms with Gasteiger partial charge in [-0.1, -0.05) is 24.3 Å². The van der Waals surface area contributed by atoms with Crippen molar-refractivity contribution >= 4 is 34.4 Å². The van der Waals surface area contributed by atoms with Crippen LogP contribution in [0.1, 0.15) is 18.4 Å². The standard InChI is InChI=1S/C27H27F3N6OS/c1-17-14-23(36-38-16-27(28,29)30)19-7-2-3-8-20(19)24(17)37-25-21(9-5-12-32-25)22-10-13-33-26(35-22)34-18-6-4-11-31-15-18/h2-3,5,7-10,12-14,18,31,36H,4,6,11,15-16H2,1H3,(H,33,34,35). The lowest BCUT2D eigenvalue weighted by Crippen LogP contribution is -2.38. The van der Waals surface area contributed by atoms with E-state index in [4.69, 9.17) is 9.72 Å². The fourth-order valence-electron chi connectivity index (χ4n) is 4.40. The monoisotopic (exact) mass is 540 g/mol. The molecule has 1 saturated heterocycles. The molecule has 1 atom stereocenters. The molecule has 0 aliphatic carbocycles. The molecule has 4 aromatic rings. The molecule has 0 amide bonds. The zero-order chi connectivity index (χ0) is 26.5. The molecule has 5 rings (SSSR count). The van der Waals surface area contributed by atoms with Crippen molar-refractivity contribution in [3.8, 4) is 22.9 Å². The van der Waals surface area contributed by atoms with E-state index in [1.807, 2.05) is 49.4 Å². The fourth-order valence-corrected chi connectivity index (χ4v) is 4.96. The Labute approximate surface area is 222 Å². The SMILES string of the molecule is Cc1cc(NSCC(F)(F)F)c2ccccc2c1Oc1ncccc1-c1ccnc(NC2CCCNC2)n1. The number of ether oxygens (including phenoxy) is 1. The summed E-state index contributed by atoms with van der Waals surface area (Å²) in [7, 11) is 0. The predicted octanol–water partition coefficient (Wildman–Crippen LogP) is 6.58. The Hall–Kier alpha value is -3.57. The molecule has 1 fully saturated rings. The smallest absolute Gasteiger partial charge is 0.399 e. The van der Waals surface area contributed by atoms with Crippen LogP contribution in [-0.2, 0) is 0 Å². The van der Waals surface area contributed by atoms with Gasteiger partial charge in [0.05, 0.1) is 16.9 Å². The summed E-state index contributed by atoms with van der Waals surface area (Å²) in [6.45, 7) is 3.74. The number of rotatable bonds is 8. The van der Waals surface area contributed by atoms with E-state index >= 15 is 0 Å². The molecule has 3 N–H and O–H groups in total. The molecular formula is C27H27F3N6OS. The Balaban J connectivity index is 1.44. The summed E-state index contributed by atoms with van der Waals surface area (Å²) < 4.78 is 47.3. The number of aromatic nitrogens is 3. The third kappa shape index (κ3) is 6.28. The number of hydrogen-bond acceptors (Lipinski definition) is 8. The highest BCUT2D eigenvalue weighted by molar-refractivity contribution is 8.00. The highest BCUT2D eigenvalue weighted by atomic mass is 32.2. The van der Waals surface area contributed by atoms with Crippen molar-refractivity contribution in [3.05, 3.63) is 66.5 Å². The van der Waals surface area contributed by atoms with Crippen LogP contribution in [-0.4, -0.2) is 46.0 Å². The van der Waals surface area contributed by atoms with E-state index < -0.39 is 11.9 Å². The summed E-state index contributed by atoms with van der Waals surface area (Å²) in [6, 6.07) is 15.0. The molecule has 7 nitrogen and oxygen atoms in total. The first-order valence-electron chi connectivity index (χ1n) is 12.3. The van der Waals surface area contributed by atoms with Crippen LogP contribution in [0.25, 0.3) is 22.0 Å². The van der Waals surface area contributed by atoms with Gasteiger partial charge in [0.15, 0.2) is 0 Å². The van der Waals surface area contributed by atoms with Gasteiger partial charge < -0.3 is 20.1 Å². The van der Waals surface area contributed by atoms with Gasteiger partial charge in [-0.25, -0.2) is 15.0 Å². The van der Waals surface area contributed by atoms with E-state index in [1.165, 1.54) is 0 Å². The second kappa shape index (κ2) is 11.4. The predicted molar refractivity (Wildman–Crippen MR) is 146 cm³/mol. The topological polar surface area (TPSA) is 84.0 Å². The van der Waals surface area contributed by atoms with E-state index in [0.717, 1.165) is 42.3 Å². The summed E-state index contributed by atoms with van der Waals surface area (Å²) in [4.78, 5) is 13.6.